The summed E-state index contributed by atoms with van der Waals surface area (Å²) in [5, 5.41) is 6.96. The van der Waals surface area contributed by atoms with Crippen molar-refractivity contribution in [3.63, 3.8) is 0 Å². The lowest BCUT2D eigenvalue weighted by atomic mass is 10.2. The lowest BCUT2D eigenvalue weighted by molar-refractivity contribution is 0.396. The molecule has 0 saturated heterocycles. The molecule has 0 aliphatic heterocycles. The summed E-state index contributed by atoms with van der Waals surface area (Å²) in [4.78, 5) is 0. The molecule has 112 valence electrons. The fourth-order valence-electron chi connectivity index (χ4n) is 1.70. The molecule has 0 amide bonds. The predicted molar refractivity (Wildman–Crippen MR) is 86.3 cm³/mol. The highest BCUT2D eigenvalue weighted by Gasteiger charge is 2.11. The second-order valence-electron chi connectivity index (χ2n) is 4.07. The zero-order chi connectivity index (χ0) is 15.2. The summed E-state index contributed by atoms with van der Waals surface area (Å²) in [5.74, 6) is 1.91. The van der Waals surface area contributed by atoms with Gasteiger partial charge in [-0.25, -0.2) is 0 Å². The lowest BCUT2D eigenvalue weighted by Gasteiger charge is -2.15. The highest BCUT2D eigenvalue weighted by atomic mass is 35.5. The third-order valence-corrected chi connectivity index (χ3v) is 3.27. The number of methoxy groups -OCH3 is 2. The highest BCUT2D eigenvalue weighted by molar-refractivity contribution is 7.80. The number of halogens is 1. The molecule has 0 radical (unpaired) electrons. The lowest BCUT2D eigenvalue weighted by Crippen LogP contribution is -2.27. The first kappa shape index (κ1) is 15.5. The smallest absolute Gasteiger partial charge is 0.171 e. The van der Waals surface area contributed by atoms with Crippen LogP contribution in [0.5, 0.6) is 11.5 Å². The predicted octanol–water partition coefficient (Wildman–Crippen LogP) is 3.44. The molecule has 2 N–H and O–H groups in total. The van der Waals surface area contributed by atoms with E-state index in [2.05, 4.69) is 10.6 Å². The van der Waals surface area contributed by atoms with Crippen LogP contribution in [0.25, 0.3) is 0 Å². The quantitative estimate of drug-likeness (QED) is 0.821. The number of ether oxygens (including phenoxy) is 2. The molecule has 0 atom stereocenters. The van der Waals surface area contributed by atoms with E-state index in [1.54, 1.807) is 32.6 Å². The van der Waals surface area contributed by atoms with Gasteiger partial charge in [-0.2, -0.15) is 0 Å². The number of hydrogen-bond acceptors (Lipinski definition) is 4. The van der Waals surface area contributed by atoms with Crippen LogP contribution in [0.3, 0.4) is 0 Å². The van der Waals surface area contributed by atoms with Gasteiger partial charge in [0.25, 0.3) is 0 Å². The van der Waals surface area contributed by atoms with E-state index in [1.807, 2.05) is 12.1 Å². The van der Waals surface area contributed by atoms with Crippen molar-refractivity contribution in [1.82, 2.24) is 5.32 Å². The van der Waals surface area contributed by atoms with Crippen molar-refractivity contribution < 1.29 is 13.9 Å². The molecule has 0 aliphatic rings. The number of anilines is 1. The molecule has 0 spiro atoms. The summed E-state index contributed by atoms with van der Waals surface area (Å²) in [6.07, 6.45) is 1.61. The van der Waals surface area contributed by atoms with Crippen LogP contribution in [0.15, 0.2) is 34.9 Å². The maximum atomic E-state index is 6.10. The minimum absolute atomic E-state index is 0.436. The summed E-state index contributed by atoms with van der Waals surface area (Å²) in [5.41, 5.74) is 0.653. The molecule has 0 saturated carbocycles. The molecule has 2 rings (SSSR count). The average Bonchev–Trinajstić information content (AvgIpc) is 2.99. The minimum Gasteiger partial charge on any atom is -0.495 e. The number of furan rings is 1. The van der Waals surface area contributed by atoms with Crippen molar-refractivity contribution in [2.24, 2.45) is 0 Å². The number of rotatable bonds is 5. The van der Waals surface area contributed by atoms with E-state index in [9.17, 15) is 0 Å². The SMILES string of the molecule is COc1cc(OC)c(NC(=S)NCc2ccco2)cc1Cl. The third kappa shape index (κ3) is 4.03. The Morgan fingerprint density at radius 2 is 2.05 bits per heavy atom. The molecule has 0 aliphatic carbocycles. The first-order chi connectivity index (χ1) is 10.1. The highest BCUT2D eigenvalue weighted by Crippen LogP contribution is 2.35. The van der Waals surface area contributed by atoms with Crippen molar-refractivity contribution in [3.05, 3.63) is 41.3 Å². The van der Waals surface area contributed by atoms with Crippen LogP contribution in [0, 0.1) is 0 Å². The molecule has 1 aromatic carbocycles. The standard InChI is InChI=1S/C14H15ClN2O3S/c1-18-12-7-13(19-2)11(6-10(12)15)17-14(21)16-8-9-4-3-5-20-9/h3-7H,8H2,1-2H3,(H2,16,17,21). The summed E-state index contributed by atoms with van der Waals surface area (Å²) in [7, 11) is 3.11. The van der Waals surface area contributed by atoms with Crippen LogP contribution in [0.4, 0.5) is 5.69 Å². The zero-order valence-corrected chi connectivity index (χ0v) is 13.2. The Morgan fingerprint density at radius 1 is 1.29 bits per heavy atom. The van der Waals surface area contributed by atoms with E-state index in [-0.39, 0.29) is 0 Å². The van der Waals surface area contributed by atoms with Gasteiger partial charge in [0.2, 0.25) is 0 Å². The van der Waals surface area contributed by atoms with Gasteiger partial charge in [0.1, 0.15) is 17.3 Å². The Hall–Kier alpha value is -1.92. The average molecular weight is 327 g/mol. The Morgan fingerprint density at radius 3 is 2.67 bits per heavy atom. The molecule has 7 heteroatoms. The fourth-order valence-corrected chi connectivity index (χ4v) is 2.13. The van der Waals surface area contributed by atoms with Crippen molar-refractivity contribution in [3.8, 4) is 11.5 Å². The van der Waals surface area contributed by atoms with Gasteiger partial charge >= 0.3 is 0 Å². The summed E-state index contributed by atoms with van der Waals surface area (Å²) < 4.78 is 15.6. The van der Waals surface area contributed by atoms with Crippen LogP contribution in [0.1, 0.15) is 5.76 Å². The van der Waals surface area contributed by atoms with Crippen molar-refractivity contribution >= 4 is 34.6 Å². The van der Waals surface area contributed by atoms with Gasteiger partial charge in [-0.15, -0.1) is 0 Å². The molecule has 0 unspecified atom stereocenters. The molecular weight excluding hydrogens is 312 g/mol. The van der Waals surface area contributed by atoms with Crippen LogP contribution in [-0.4, -0.2) is 19.3 Å². The summed E-state index contributed by atoms with van der Waals surface area (Å²) in [6, 6.07) is 7.07. The summed E-state index contributed by atoms with van der Waals surface area (Å²) >= 11 is 11.3. The van der Waals surface area contributed by atoms with Crippen LogP contribution < -0.4 is 20.1 Å². The van der Waals surface area contributed by atoms with E-state index >= 15 is 0 Å². The van der Waals surface area contributed by atoms with E-state index in [0.717, 1.165) is 5.76 Å². The van der Waals surface area contributed by atoms with E-state index in [1.165, 1.54) is 0 Å². The zero-order valence-electron chi connectivity index (χ0n) is 11.6. The van der Waals surface area contributed by atoms with Gasteiger partial charge in [-0.3, -0.25) is 0 Å². The molecule has 21 heavy (non-hydrogen) atoms. The summed E-state index contributed by atoms with van der Waals surface area (Å²) in [6.45, 7) is 0.491. The first-order valence-electron chi connectivity index (χ1n) is 6.12. The van der Waals surface area contributed by atoms with Gasteiger partial charge in [0, 0.05) is 6.07 Å². The molecule has 1 heterocycles. The maximum absolute atomic E-state index is 6.10. The third-order valence-electron chi connectivity index (χ3n) is 2.73. The van der Waals surface area contributed by atoms with Crippen LogP contribution in [0.2, 0.25) is 5.02 Å². The normalized spacial score (nSPS) is 10.0. The molecule has 0 fully saturated rings. The second-order valence-corrected chi connectivity index (χ2v) is 4.89. The van der Waals surface area contributed by atoms with Gasteiger partial charge in [-0.1, -0.05) is 11.6 Å². The molecule has 5 nitrogen and oxygen atoms in total. The topological polar surface area (TPSA) is 55.7 Å². The van der Waals surface area contributed by atoms with Crippen molar-refractivity contribution in [2.45, 2.75) is 6.54 Å². The Balaban J connectivity index is 2.04. The maximum Gasteiger partial charge on any atom is 0.171 e. The van der Waals surface area contributed by atoms with Crippen molar-refractivity contribution in [1.29, 1.82) is 0 Å². The number of hydrogen-bond donors (Lipinski definition) is 2. The molecule has 0 bridgehead atoms. The monoisotopic (exact) mass is 326 g/mol. The number of nitrogens with one attached hydrogen (secondary N) is 2. The van der Waals surface area contributed by atoms with Gasteiger partial charge in [0.15, 0.2) is 5.11 Å². The van der Waals surface area contributed by atoms with E-state index in [0.29, 0.717) is 33.9 Å². The number of thiocarbonyl (C=S) groups is 1. The first-order valence-corrected chi connectivity index (χ1v) is 6.91. The Labute approximate surface area is 133 Å². The van der Waals surface area contributed by atoms with E-state index < -0.39 is 0 Å². The van der Waals surface area contributed by atoms with Crippen LogP contribution >= 0.6 is 23.8 Å². The second kappa shape index (κ2) is 7.19. The van der Waals surface area contributed by atoms with Crippen molar-refractivity contribution in [2.75, 3.05) is 19.5 Å². The molecule has 2 aromatic rings. The largest absolute Gasteiger partial charge is 0.495 e. The van der Waals surface area contributed by atoms with Crippen LogP contribution in [-0.2, 0) is 6.54 Å². The minimum atomic E-state index is 0.436. The Kier molecular flexibility index (Phi) is 5.30. The number of benzene rings is 1. The van der Waals surface area contributed by atoms with Gasteiger partial charge in [-0.05, 0) is 30.4 Å². The Bertz CT molecular complexity index is 617. The molecular formula is C14H15ClN2O3S. The van der Waals surface area contributed by atoms with Gasteiger partial charge < -0.3 is 24.5 Å². The molecule has 1 aromatic heterocycles. The fraction of sp³-hybridized carbons (Fsp3) is 0.214. The van der Waals surface area contributed by atoms with E-state index in [4.69, 9.17) is 37.7 Å². The van der Waals surface area contributed by atoms with Gasteiger partial charge in [0.05, 0.1) is 37.7 Å².